The number of amides is 2. The second-order valence-corrected chi connectivity index (χ2v) is 7.54. The summed E-state index contributed by atoms with van der Waals surface area (Å²) in [5.41, 5.74) is 1.10. The van der Waals surface area contributed by atoms with E-state index in [-0.39, 0.29) is 12.6 Å². The van der Waals surface area contributed by atoms with Gasteiger partial charge in [-0.2, -0.15) is 4.37 Å². The third kappa shape index (κ3) is 6.06. The molecule has 0 aliphatic carbocycles. The molecular weight excluding hydrogens is 406 g/mol. The number of carbonyl (C=O) groups is 2. The molecule has 3 rings (SSSR count). The summed E-state index contributed by atoms with van der Waals surface area (Å²) >= 11 is 1.38. The summed E-state index contributed by atoms with van der Waals surface area (Å²) in [6.45, 7) is 4.57. The Hall–Kier alpha value is -2.88. The fraction of sp³-hybridized carbons (Fsp3) is 0.500. The Morgan fingerprint density at radius 1 is 1.23 bits per heavy atom. The van der Waals surface area contributed by atoms with E-state index in [9.17, 15) is 9.59 Å². The van der Waals surface area contributed by atoms with Gasteiger partial charge in [-0.15, -0.1) is 0 Å². The zero-order valence-electron chi connectivity index (χ0n) is 17.3. The summed E-state index contributed by atoms with van der Waals surface area (Å²) in [6.07, 6.45) is 1.46. The molecule has 0 atom stereocenters. The van der Waals surface area contributed by atoms with E-state index >= 15 is 0 Å². The van der Waals surface area contributed by atoms with Crippen LogP contribution in [0, 0.1) is 0 Å². The van der Waals surface area contributed by atoms with Gasteiger partial charge in [-0.05, 0) is 31.0 Å². The van der Waals surface area contributed by atoms with Gasteiger partial charge in [0.25, 0.3) is 0 Å². The maximum atomic E-state index is 12.3. The second kappa shape index (κ2) is 10.8. The number of carbonyl (C=O) groups excluding carboxylic acids is 2. The molecule has 2 aromatic rings. The van der Waals surface area contributed by atoms with Crippen molar-refractivity contribution in [2.45, 2.75) is 19.8 Å². The minimum atomic E-state index is -0.431. The van der Waals surface area contributed by atoms with Crippen LogP contribution in [0.4, 0.5) is 9.93 Å². The van der Waals surface area contributed by atoms with Crippen LogP contribution in [0.3, 0.4) is 0 Å². The molecule has 1 N–H and O–H groups in total. The number of benzene rings is 1. The van der Waals surface area contributed by atoms with Crippen molar-refractivity contribution < 1.29 is 19.1 Å². The molecule has 9 nitrogen and oxygen atoms in total. The maximum absolute atomic E-state index is 12.3. The standard InChI is InChI=1S/C20H27N5O4S/c1-3-29-18(26)14-21-19(27)24-8-5-9-25(11-10-24)20-22-17(23-30-20)13-15-6-4-7-16(12-15)28-2/h4,6-7,12H,3,5,8-11,13-14H2,1-2H3,(H,21,27). The van der Waals surface area contributed by atoms with Crippen LogP contribution in [0.25, 0.3) is 0 Å². The molecule has 1 aliphatic rings. The van der Waals surface area contributed by atoms with Gasteiger partial charge in [-0.1, -0.05) is 12.1 Å². The Morgan fingerprint density at radius 2 is 2.10 bits per heavy atom. The fourth-order valence-electron chi connectivity index (χ4n) is 3.19. The highest BCUT2D eigenvalue weighted by Crippen LogP contribution is 2.21. The number of hydrogen-bond acceptors (Lipinski definition) is 8. The number of aromatic nitrogens is 2. The maximum Gasteiger partial charge on any atom is 0.325 e. The van der Waals surface area contributed by atoms with Gasteiger partial charge >= 0.3 is 12.0 Å². The third-order valence-corrected chi connectivity index (χ3v) is 5.51. The summed E-state index contributed by atoms with van der Waals surface area (Å²) in [7, 11) is 1.65. The van der Waals surface area contributed by atoms with Crippen molar-refractivity contribution >= 4 is 28.7 Å². The van der Waals surface area contributed by atoms with E-state index in [0.29, 0.717) is 32.7 Å². The zero-order chi connectivity index (χ0) is 21.3. The molecule has 10 heteroatoms. The zero-order valence-corrected chi connectivity index (χ0v) is 18.1. The minimum Gasteiger partial charge on any atom is -0.497 e. The summed E-state index contributed by atoms with van der Waals surface area (Å²) in [6, 6.07) is 7.63. The minimum absolute atomic E-state index is 0.114. The van der Waals surface area contributed by atoms with E-state index in [0.717, 1.165) is 35.2 Å². The largest absolute Gasteiger partial charge is 0.497 e. The lowest BCUT2D eigenvalue weighted by Gasteiger charge is -2.21. The van der Waals surface area contributed by atoms with Crippen LogP contribution in [0.1, 0.15) is 24.7 Å². The molecule has 2 amide bonds. The Balaban J connectivity index is 1.53. The Morgan fingerprint density at radius 3 is 2.90 bits per heavy atom. The number of hydrogen-bond donors (Lipinski definition) is 1. The molecule has 30 heavy (non-hydrogen) atoms. The highest BCUT2D eigenvalue weighted by atomic mass is 32.1. The monoisotopic (exact) mass is 433 g/mol. The summed E-state index contributed by atoms with van der Waals surface area (Å²) in [5.74, 6) is 1.16. The number of anilines is 1. The molecule has 1 saturated heterocycles. The molecule has 0 radical (unpaired) electrons. The Labute approximate surface area is 180 Å². The van der Waals surface area contributed by atoms with Gasteiger partial charge in [0, 0.05) is 44.1 Å². The first-order chi connectivity index (χ1) is 14.6. The predicted molar refractivity (Wildman–Crippen MR) is 114 cm³/mol. The first-order valence-electron chi connectivity index (χ1n) is 9.98. The average molecular weight is 434 g/mol. The van der Waals surface area contributed by atoms with Crippen molar-refractivity contribution in [3.63, 3.8) is 0 Å². The van der Waals surface area contributed by atoms with Crippen molar-refractivity contribution in [3.05, 3.63) is 35.7 Å². The van der Waals surface area contributed by atoms with E-state index in [1.807, 2.05) is 24.3 Å². The number of rotatable bonds is 7. The Kier molecular flexibility index (Phi) is 7.83. The van der Waals surface area contributed by atoms with E-state index in [1.54, 1.807) is 18.9 Å². The van der Waals surface area contributed by atoms with Crippen molar-refractivity contribution in [1.82, 2.24) is 19.6 Å². The Bertz CT molecular complexity index is 859. The van der Waals surface area contributed by atoms with Crippen molar-refractivity contribution in [2.24, 2.45) is 0 Å². The number of esters is 1. The predicted octanol–water partition coefficient (Wildman–Crippen LogP) is 1.92. The molecule has 1 aliphatic heterocycles. The summed E-state index contributed by atoms with van der Waals surface area (Å²) in [5, 5.41) is 3.48. The van der Waals surface area contributed by atoms with Crippen molar-refractivity contribution in [2.75, 3.05) is 51.3 Å². The van der Waals surface area contributed by atoms with Gasteiger partial charge in [0.05, 0.1) is 13.7 Å². The number of ether oxygens (including phenoxy) is 2. The fourth-order valence-corrected chi connectivity index (χ4v) is 3.93. The molecule has 1 fully saturated rings. The average Bonchev–Trinajstić information content (AvgIpc) is 3.07. The van der Waals surface area contributed by atoms with Crippen LogP contribution < -0.4 is 15.0 Å². The number of methoxy groups -OCH3 is 1. The van der Waals surface area contributed by atoms with Crippen molar-refractivity contribution in [1.29, 1.82) is 0 Å². The first-order valence-corrected chi connectivity index (χ1v) is 10.7. The van der Waals surface area contributed by atoms with Crippen LogP contribution in [-0.2, 0) is 16.0 Å². The molecule has 0 bridgehead atoms. The van der Waals surface area contributed by atoms with Gasteiger partial charge in [0.15, 0.2) is 0 Å². The molecular formula is C20H27N5O4S. The topological polar surface area (TPSA) is 96.9 Å². The lowest BCUT2D eigenvalue weighted by atomic mass is 10.1. The van der Waals surface area contributed by atoms with Gasteiger partial charge in [0.2, 0.25) is 5.13 Å². The van der Waals surface area contributed by atoms with E-state index < -0.39 is 5.97 Å². The molecule has 0 spiro atoms. The molecule has 1 aromatic carbocycles. The van der Waals surface area contributed by atoms with Crippen LogP contribution >= 0.6 is 11.5 Å². The van der Waals surface area contributed by atoms with Crippen LogP contribution in [0.15, 0.2) is 24.3 Å². The summed E-state index contributed by atoms with van der Waals surface area (Å²) < 4.78 is 14.6. The van der Waals surface area contributed by atoms with E-state index in [4.69, 9.17) is 9.47 Å². The molecule has 2 heterocycles. The van der Waals surface area contributed by atoms with Crippen molar-refractivity contribution in [3.8, 4) is 5.75 Å². The first kappa shape index (κ1) is 21.8. The van der Waals surface area contributed by atoms with Crippen LogP contribution in [0.2, 0.25) is 0 Å². The smallest absolute Gasteiger partial charge is 0.325 e. The van der Waals surface area contributed by atoms with Gasteiger partial charge in [-0.25, -0.2) is 9.78 Å². The van der Waals surface area contributed by atoms with Gasteiger partial charge in [-0.3, -0.25) is 4.79 Å². The van der Waals surface area contributed by atoms with Crippen LogP contribution in [0.5, 0.6) is 5.75 Å². The highest BCUT2D eigenvalue weighted by Gasteiger charge is 2.21. The van der Waals surface area contributed by atoms with Crippen LogP contribution in [-0.4, -0.2) is 72.7 Å². The normalized spacial score (nSPS) is 14.2. The second-order valence-electron chi connectivity index (χ2n) is 6.81. The molecule has 0 unspecified atom stereocenters. The quantitative estimate of drug-likeness (QED) is 0.667. The molecule has 162 valence electrons. The number of urea groups is 1. The SMILES string of the molecule is CCOC(=O)CNC(=O)N1CCCN(c2nc(Cc3cccc(OC)c3)ns2)CC1. The van der Waals surface area contributed by atoms with E-state index in [2.05, 4.69) is 19.6 Å². The number of nitrogens with one attached hydrogen (secondary N) is 1. The summed E-state index contributed by atoms with van der Waals surface area (Å²) in [4.78, 5) is 32.3. The molecule has 0 saturated carbocycles. The molecule has 1 aromatic heterocycles. The van der Waals surface area contributed by atoms with Gasteiger partial charge < -0.3 is 24.6 Å². The van der Waals surface area contributed by atoms with Gasteiger partial charge in [0.1, 0.15) is 18.1 Å². The number of nitrogens with zero attached hydrogens (tertiary/aromatic N) is 4. The third-order valence-electron chi connectivity index (χ3n) is 4.70. The van der Waals surface area contributed by atoms with E-state index in [1.165, 1.54) is 11.5 Å². The lowest BCUT2D eigenvalue weighted by Crippen LogP contribution is -2.44. The lowest BCUT2D eigenvalue weighted by molar-refractivity contribution is -0.141. The highest BCUT2D eigenvalue weighted by molar-refractivity contribution is 7.09.